The van der Waals surface area contributed by atoms with Gasteiger partial charge >= 0.3 is 5.97 Å². The first-order valence-corrected chi connectivity index (χ1v) is 5.17. The van der Waals surface area contributed by atoms with E-state index in [2.05, 4.69) is 17.9 Å². The second-order valence-electron chi connectivity index (χ2n) is 3.83. The maximum atomic E-state index is 11.3. The predicted molar refractivity (Wildman–Crippen MR) is 55.0 cm³/mol. The van der Waals surface area contributed by atoms with Crippen molar-refractivity contribution in [1.29, 1.82) is 0 Å². The molecule has 0 saturated carbocycles. The van der Waals surface area contributed by atoms with Crippen LogP contribution in [0.5, 0.6) is 0 Å². The summed E-state index contributed by atoms with van der Waals surface area (Å²) >= 11 is 4.03. The molecule has 1 heterocycles. The van der Waals surface area contributed by atoms with Crippen molar-refractivity contribution in [1.82, 2.24) is 5.32 Å². The lowest BCUT2D eigenvalue weighted by molar-refractivity contribution is -0.158. The molecule has 1 saturated heterocycles. The van der Waals surface area contributed by atoms with Gasteiger partial charge in [-0.25, -0.2) is 0 Å². The molecule has 3 nitrogen and oxygen atoms in total. The number of ether oxygens (including phenoxy) is 1. The van der Waals surface area contributed by atoms with Gasteiger partial charge in [-0.15, -0.1) is 0 Å². The highest BCUT2D eigenvalue weighted by atomic mass is 32.1. The number of piperidine rings is 1. The number of hydrogen-bond acceptors (Lipinski definition) is 4. The van der Waals surface area contributed by atoms with Crippen LogP contribution in [-0.2, 0) is 9.53 Å². The van der Waals surface area contributed by atoms with E-state index in [4.69, 9.17) is 4.74 Å². The van der Waals surface area contributed by atoms with Crippen LogP contribution >= 0.6 is 12.6 Å². The highest BCUT2D eigenvalue weighted by Crippen LogP contribution is 2.21. The molecule has 4 heteroatoms. The summed E-state index contributed by atoms with van der Waals surface area (Å²) in [5.41, 5.74) is -0.327. The normalized spacial score (nSPS) is 31.0. The highest BCUT2D eigenvalue weighted by Gasteiger charge is 2.31. The summed E-state index contributed by atoms with van der Waals surface area (Å²) in [6.45, 7) is 5.46. The van der Waals surface area contributed by atoms with Crippen molar-refractivity contribution in [3.63, 3.8) is 0 Å². The molecule has 0 aliphatic carbocycles. The topological polar surface area (TPSA) is 38.3 Å². The predicted octanol–water partition coefficient (Wildman–Crippen LogP) is 0.990. The molecule has 0 bridgehead atoms. The van der Waals surface area contributed by atoms with Crippen molar-refractivity contribution >= 4 is 18.6 Å². The molecule has 1 rings (SSSR count). The summed E-state index contributed by atoms with van der Waals surface area (Å²) in [6.07, 6.45) is 2.00. The number of nitrogens with one attached hydrogen (secondary N) is 1. The van der Waals surface area contributed by atoms with E-state index in [1.54, 1.807) is 6.92 Å². The van der Waals surface area contributed by atoms with Crippen LogP contribution < -0.4 is 5.32 Å². The fourth-order valence-electron chi connectivity index (χ4n) is 1.44. The highest BCUT2D eigenvalue weighted by molar-refractivity contribution is 7.81. The second-order valence-corrected chi connectivity index (χ2v) is 4.60. The fraction of sp³-hybridized carbons (Fsp3) is 0.889. The Hall–Kier alpha value is -0.220. The van der Waals surface area contributed by atoms with Crippen molar-refractivity contribution in [3.8, 4) is 0 Å². The molecule has 0 radical (unpaired) electrons. The minimum Gasteiger partial charge on any atom is -0.457 e. The summed E-state index contributed by atoms with van der Waals surface area (Å²) in [7, 11) is 0. The van der Waals surface area contributed by atoms with Crippen molar-refractivity contribution in [2.24, 2.45) is 0 Å². The molecule has 1 aliphatic rings. The third-order valence-electron chi connectivity index (χ3n) is 2.25. The smallest absolute Gasteiger partial charge is 0.319 e. The first kappa shape index (κ1) is 10.9. The molecule has 76 valence electrons. The van der Waals surface area contributed by atoms with Gasteiger partial charge in [0.2, 0.25) is 0 Å². The molecule has 2 unspecified atom stereocenters. The van der Waals surface area contributed by atoms with Crippen LogP contribution in [0.25, 0.3) is 0 Å². The zero-order chi connectivity index (χ0) is 9.90. The first-order valence-electron chi connectivity index (χ1n) is 4.65. The number of carbonyl (C=O) groups excluding carboxylic acids is 1. The Morgan fingerprint density at radius 1 is 1.69 bits per heavy atom. The summed E-state index contributed by atoms with van der Waals surface area (Å²) in [5.74, 6) is -0.227. The molecular weight excluding hydrogens is 186 g/mol. The van der Waals surface area contributed by atoms with E-state index in [1.807, 2.05) is 6.92 Å². The molecule has 1 fully saturated rings. The van der Waals surface area contributed by atoms with Crippen LogP contribution in [-0.4, -0.2) is 29.9 Å². The van der Waals surface area contributed by atoms with Gasteiger partial charge in [-0.1, -0.05) is 0 Å². The molecule has 2 atom stereocenters. The Labute approximate surface area is 84.6 Å². The van der Waals surface area contributed by atoms with E-state index in [-0.39, 0.29) is 16.8 Å². The summed E-state index contributed by atoms with van der Waals surface area (Å²) in [6, 6.07) is 0. The molecule has 1 N–H and O–H groups in total. The van der Waals surface area contributed by atoms with E-state index < -0.39 is 0 Å². The molecule has 1 aliphatic heterocycles. The van der Waals surface area contributed by atoms with E-state index in [0.29, 0.717) is 0 Å². The molecule has 0 spiro atoms. The van der Waals surface area contributed by atoms with Crippen LogP contribution in [0.1, 0.15) is 26.7 Å². The first-order chi connectivity index (χ1) is 6.03. The number of hydrogen-bond donors (Lipinski definition) is 2. The zero-order valence-corrected chi connectivity index (χ0v) is 9.06. The average Bonchev–Trinajstić information content (AvgIpc) is 2.04. The van der Waals surface area contributed by atoms with Gasteiger partial charge in [0, 0.05) is 6.54 Å². The third kappa shape index (κ3) is 3.19. The van der Waals surface area contributed by atoms with E-state index in [0.717, 1.165) is 25.9 Å². The molecule has 0 aromatic carbocycles. The minimum absolute atomic E-state index is 0.227. The van der Waals surface area contributed by atoms with Gasteiger partial charge in [0.05, 0.1) is 5.25 Å². The lowest BCUT2D eigenvalue weighted by Crippen LogP contribution is -2.47. The van der Waals surface area contributed by atoms with Gasteiger partial charge in [-0.3, -0.25) is 4.79 Å². The summed E-state index contributed by atoms with van der Waals surface area (Å²) < 4.78 is 5.36. The molecule has 13 heavy (non-hydrogen) atoms. The van der Waals surface area contributed by atoms with E-state index >= 15 is 0 Å². The number of thiol groups is 1. The largest absolute Gasteiger partial charge is 0.457 e. The zero-order valence-electron chi connectivity index (χ0n) is 8.17. The third-order valence-corrected chi connectivity index (χ3v) is 2.46. The lowest BCUT2D eigenvalue weighted by atomic mass is 9.96. The fourth-order valence-corrected chi connectivity index (χ4v) is 1.50. The SMILES string of the molecule is CC(S)C(=O)OC1(C)CCCNC1. The van der Waals surface area contributed by atoms with Gasteiger partial charge < -0.3 is 10.1 Å². The standard InChI is InChI=1S/C9H17NO2S/c1-7(13)8(11)12-9(2)4-3-5-10-6-9/h7,10,13H,3-6H2,1-2H3. The van der Waals surface area contributed by atoms with Crippen molar-refractivity contribution in [2.45, 2.75) is 37.5 Å². The van der Waals surface area contributed by atoms with Crippen molar-refractivity contribution < 1.29 is 9.53 Å². The van der Waals surface area contributed by atoms with Crippen molar-refractivity contribution in [2.75, 3.05) is 13.1 Å². The van der Waals surface area contributed by atoms with Crippen LogP contribution in [0.4, 0.5) is 0 Å². The number of carbonyl (C=O) groups is 1. The summed E-state index contributed by atoms with van der Waals surface area (Å²) in [5, 5.41) is 2.88. The van der Waals surface area contributed by atoms with Crippen molar-refractivity contribution in [3.05, 3.63) is 0 Å². The number of esters is 1. The lowest BCUT2D eigenvalue weighted by Gasteiger charge is -2.34. The second kappa shape index (κ2) is 4.33. The van der Waals surface area contributed by atoms with Gasteiger partial charge in [-0.2, -0.15) is 12.6 Å². The Bertz CT molecular complexity index is 188. The maximum absolute atomic E-state index is 11.3. The monoisotopic (exact) mass is 203 g/mol. The Morgan fingerprint density at radius 3 is 2.85 bits per heavy atom. The number of rotatable bonds is 2. The minimum atomic E-state index is -0.334. The quantitative estimate of drug-likeness (QED) is 0.519. The molecule has 0 aromatic heterocycles. The molecular formula is C9H17NO2S. The van der Waals surface area contributed by atoms with Gasteiger partial charge in [0.15, 0.2) is 0 Å². The van der Waals surface area contributed by atoms with Crippen LogP contribution in [0.15, 0.2) is 0 Å². The van der Waals surface area contributed by atoms with Crippen LogP contribution in [0, 0.1) is 0 Å². The Morgan fingerprint density at radius 2 is 2.38 bits per heavy atom. The summed E-state index contributed by atoms with van der Waals surface area (Å²) in [4.78, 5) is 11.3. The van der Waals surface area contributed by atoms with Gasteiger partial charge in [0.25, 0.3) is 0 Å². The Balaban J connectivity index is 2.45. The molecule has 0 amide bonds. The average molecular weight is 203 g/mol. The Kier molecular flexibility index (Phi) is 3.62. The van der Waals surface area contributed by atoms with E-state index in [1.165, 1.54) is 0 Å². The maximum Gasteiger partial charge on any atom is 0.319 e. The molecule has 0 aromatic rings. The van der Waals surface area contributed by atoms with Gasteiger partial charge in [0.1, 0.15) is 5.60 Å². The van der Waals surface area contributed by atoms with Crippen LogP contribution in [0.3, 0.4) is 0 Å². The van der Waals surface area contributed by atoms with Crippen LogP contribution in [0.2, 0.25) is 0 Å². The van der Waals surface area contributed by atoms with E-state index in [9.17, 15) is 4.79 Å². The van der Waals surface area contributed by atoms with Gasteiger partial charge in [-0.05, 0) is 33.2 Å².